The molecule has 2 atom stereocenters. The fourth-order valence-corrected chi connectivity index (χ4v) is 4.48. The van der Waals surface area contributed by atoms with E-state index < -0.39 is 0 Å². The first-order valence-electron chi connectivity index (χ1n) is 9.15. The van der Waals surface area contributed by atoms with E-state index in [1.165, 1.54) is 24.8 Å². The third-order valence-electron chi connectivity index (χ3n) is 5.90. The molecule has 1 aliphatic carbocycles. The number of benzene rings is 1. The second kappa shape index (κ2) is 6.21. The van der Waals surface area contributed by atoms with E-state index in [4.69, 9.17) is 4.42 Å². The first-order chi connectivity index (χ1) is 12.1. The van der Waals surface area contributed by atoms with Crippen LogP contribution in [0.4, 0.5) is 4.79 Å². The summed E-state index contributed by atoms with van der Waals surface area (Å²) in [6.07, 6.45) is 4.69. The van der Waals surface area contributed by atoms with Crippen molar-refractivity contribution in [3.8, 4) is 0 Å². The standard InChI is InChI=1S/C20H25N3O2/c1-14-15(2)25-18(22-14)12-21-19(24)23-13-17-10-6-7-11-20(17,23)16-8-4-3-5-9-16/h3-5,8-9,17H,6-7,10-13H2,1-2H3,(H,21,24)/t17-,20-/m0/s1. The lowest BCUT2D eigenvalue weighted by Gasteiger charge is -2.61. The number of likely N-dealkylation sites (tertiary alicyclic amines) is 1. The van der Waals surface area contributed by atoms with Gasteiger partial charge in [-0.3, -0.25) is 0 Å². The number of rotatable bonds is 3. The van der Waals surface area contributed by atoms with Crippen molar-refractivity contribution in [2.24, 2.45) is 5.92 Å². The molecule has 2 amide bonds. The van der Waals surface area contributed by atoms with Crippen LogP contribution >= 0.6 is 0 Å². The molecule has 0 spiro atoms. The van der Waals surface area contributed by atoms with E-state index in [1.807, 2.05) is 24.8 Å². The van der Waals surface area contributed by atoms with Crippen molar-refractivity contribution >= 4 is 6.03 Å². The number of carbonyl (C=O) groups excluding carboxylic acids is 1. The summed E-state index contributed by atoms with van der Waals surface area (Å²) in [4.78, 5) is 19.2. The summed E-state index contributed by atoms with van der Waals surface area (Å²) in [6.45, 7) is 4.97. The highest BCUT2D eigenvalue weighted by molar-refractivity contribution is 5.76. The highest BCUT2D eigenvalue weighted by Crippen LogP contribution is 2.53. The number of aromatic nitrogens is 1. The largest absolute Gasteiger partial charge is 0.444 e. The Morgan fingerprint density at radius 1 is 1.32 bits per heavy atom. The molecule has 1 aliphatic heterocycles. The van der Waals surface area contributed by atoms with Crippen LogP contribution < -0.4 is 5.32 Å². The lowest BCUT2D eigenvalue weighted by Crippen LogP contribution is -2.69. The summed E-state index contributed by atoms with van der Waals surface area (Å²) >= 11 is 0. The molecule has 0 unspecified atom stereocenters. The number of carbonyl (C=O) groups is 1. The number of nitrogens with zero attached hydrogens (tertiary/aromatic N) is 2. The highest BCUT2D eigenvalue weighted by Gasteiger charge is 2.56. The molecule has 1 saturated carbocycles. The number of hydrogen-bond donors (Lipinski definition) is 1. The molecule has 5 nitrogen and oxygen atoms in total. The molecule has 2 heterocycles. The van der Waals surface area contributed by atoms with Gasteiger partial charge >= 0.3 is 6.03 Å². The highest BCUT2D eigenvalue weighted by atomic mass is 16.4. The van der Waals surface area contributed by atoms with Crippen LogP contribution in [-0.2, 0) is 12.1 Å². The Hall–Kier alpha value is -2.30. The zero-order chi connectivity index (χ0) is 17.4. The predicted octanol–water partition coefficient (Wildman–Crippen LogP) is 3.90. The lowest BCUT2D eigenvalue weighted by molar-refractivity contribution is -0.0795. The molecule has 0 bridgehead atoms. The second-order valence-electron chi connectivity index (χ2n) is 7.25. The number of amides is 2. The quantitative estimate of drug-likeness (QED) is 0.922. The summed E-state index contributed by atoms with van der Waals surface area (Å²) < 4.78 is 5.57. The van der Waals surface area contributed by atoms with Gasteiger partial charge in [0.25, 0.3) is 0 Å². The first-order valence-corrected chi connectivity index (χ1v) is 9.15. The van der Waals surface area contributed by atoms with Crippen molar-refractivity contribution in [1.82, 2.24) is 15.2 Å². The van der Waals surface area contributed by atoms with Crippen molar-refractivity contribution in [2.45, 2.75) is 51.6 Å². The van der Waals surface area contributed by atoms with Gasteiger partial charge < -0.3 is 14.6 Å². The van der Waals surface area contributed by atoms with Crippen molar-refractivity contribution < 1.29 is 9.21 Å². The lowest BCUT2D eigenvalue weighted by atomic mass is 9.62. The maximum absolute atomic E-state index is 12.9. The Balaban J connectivity index is 1.52. The van der Waals surface area contributed by atoms with Crippen molar-refractivity contribution in [3.05, 3.63) is 53.2 Å². The summed E-state index contributed by atoms with van der Waals surface area (Å²) in [5, 5.41) is 3.00. The van der Waals surface area contributed by atoms with E-state index >= 15 is 0 Å². The molecule has 1 N–H and O–H groups in total. The first kappa shape index (κ1) is 16.2. The molecule has 132 valence electrons. The molecule has 2 aromatic rings. The van der Waals surface area contributed by atoms with Crippen LogP contribution in [0, 0.1) is 19.8 Å². The average molecular weight is 339 g/mol. The Morgan fingerprint density at radius 3 is 2.80 bits per heavy atom. The van der Waals surface area contributed by atoms with Crippen LogP contribution in [0.3, 0.4) is 0 Å². The summed E-state index contributed by atoms with van der Waals surface area (Å²) in [7, 11) is 0. The van der Waals surface area contributed by atoms with Gasteiger partial charge in [0.15, 0.2) is 0 Å². The predicted molar refractivity (Wildman–Crippen MR) is 95.0 cm³/mol. The third-order valence-corrected chi connectivity index (χ3v) is 5.90. The van der Waals surface area contributed by atoms with Gasteiger partial charge in [0.1, 0.15) is 5.76 Å². The van der Waals surface area contributed by atoms with Gasteiger partial charge in [-0.25, -0.2) is 9.78 Å². The zero-order valence-electron chi connectivity index (χ0n) is 14.9. The van der Waals surface area contributed by atoms with E-state index in [0.29, 0.717) is 18.4 Å². The van der Waals surface area contributed by atoms with Gasteiger partial charge in [-0.1, -0.05) is 43.2 Å². The Morgan fingerprint density at radius 2 is 2.12 bits per heavy atom. The molecule has 2 aliphatic rings. The number of aryl methyl sites for hydroxylation is 2. The number of nitrogens with one attached hydrogen (secondary N) is 1. The normalized spacial score (nSPS) is 25.2. The van der Waals surface area contributed by atoms with E-state index in [1.54, 1.807) is 0 Å². The third kappa shape index (κ3) is 2.62. The van der Waals surface area contributed by atoms with Crippen LogP contribution in [0.1, 0.15) is 48.6 Å². The number of fused-ring (bicyclic) bond motifs is 1. The minimum atomic E-state index is -0.133. The van der Waals surface area contributed by atoms with Crippen LogP contribution in [-0.4, -0.2) is 22.5 Å². The Kier molecular flexibility index (Phi) is 4.02. The SMILES string of the molecule is Cc1nc(CNC(=O)N2C[C@@H]3CCCC[C@]32c2ccccc2)oc1C. The van der Waals surface area contributed by atoms with Gasteiger partial charge in [-0.15, -0.1) is 0 Å². The monoisotopic (exact) mass is 339 g/mol. The molecule has 1 saturated heterocycles. The van der Waals surface area contributed by atoms with E-state index in [0.717, 1.165) is 24.4 Å². The van der Waals surface area contributed by atoms with Crippen LogP contribution in [0.5, 0.6) is 0 Å². The second-order valence-corrected chi connectivity index (χ2v) is 7.25. The molecule has 4 rings (SSSR count). The van der Waals surface area contributed by atoms with Gasteiger partial charge in [0, 0.05) is 12.5 Å². The van der Waals surface area contributed by atoms with E-state index in [2.05, 4.69) is 34.6 Å². The molecule has 1 aromatic heterocycles. The van der Waals surface area contributed by atoms with E-state index in [-0.39, 0.29) is 11.6 Å². The maximum atomic E-state index is 12.9. The topological polar surface area (TPSA) is 58.4 Å². The molecule has 2 fully saturated rings. The van der Waals surface area contributed by atoms with E-state index in [9.17, 15) is 4.79 Å². The maximum Gasteiger partial charge on any atom is 0.318 e. The van der Waals surface area contributed by atoms with Gasteiger partial charge in [-0.2, -0.15) is 0 Å². The van der Waals surface area contributed by atoms with Gasteiger partial charge in [-0.05, 0) is 32.3 Å². The summed E-state index contributed by atoms with van der Waals surface area (Å²) in [5.74, 6) is 1.94. The van der Waals surface area contributed by atoms with Gasteiger partial charge in [0.2, 0.25) is 5.89 Å². The molecular formula is C20H25N3O2. The minimum absolute atomic E-state index is 0.0180. The summed E-state index contributed by atoms with van der Waals surface area (Å²) in [5.41, 5.74) is 2.01. The van der Waals surface area contributed by atoms with Crippen LogP contribution in [0.15, 0.2) is 34.7 Å². The summed E-state index contributed by atoms with van der Waals surface area (Å²) in [6, 6.07) is 10.5. The average Bonchev–Trinajstić information content (AvgIpc) is 2.93. The molecule has 5 heteroatoms. The van der Waals surface area contributed by atoms with Crippen LogP contribution in [0.2, 0.25) is 0 Å². The molecule has 25 heavy (non-hydrogen) atoms. The fraction of sp³-hybridized carbons (Fsp3) is 0.500. The number of hydrogen-bond acceptors (Lipinski definition) is 3. The van der Waals surface area contributed by atoms with Crippen molar-refractivity contribution in [3.63, 3.8) is 0 Å². The molecule has 0 radical (unpaired) electrons. The minimum Gasteiger partial charge on any atom is -0.444 e. The smallest absolute Gasteiger partial charge is 0.318 e. The molecular weight excluding hydrogens is 314 g/mol. The molecule has 1 aromatic carbocycles. The Bertz CT molecular complexity index is 751. The Labute approximate surface area is 148 Å². The number of urea groups is 1. The van der Waals surface area contributed by atoms with Gasteiger partial charge in [0.05, 0.1) is 17.8 Å². The number of oxazole rings is 1. The fourth-order valence-electron chi connectivity index (χ4n) is 4.48. The van der Waals surface area contributed by atoms with Crippen molar-refractivity contribution in [2.75, 3.05) is 6.54 Å². The van der Waals surface area contributed by atoms with Crippen molar-refractivity contribution in [1.29, 1.82) is 0 Å². The van der Waals surface area contributed by atoms with Crippen LogP contribution in [0.25, 0.3) is 0 Å². The zero-order valence-corrected chi connectivity index (χ0v) is 14.9.